The van der Waals surface area contributed by atoms with E-state index in [4.69, 9.17) is 4.74 Å². The largest absolute Gasteiger partial charge is 0.375 e. The number of morpholine rings is 1. The molecule has 1 aliphatic heterocycles. The molecule has 1 aliphatic rings. The highest BCUT2D eigenvalue weighted by atomic mass is 16.5. The van der Waals surface area contributed by atoms with Gasteiger partial charge in [0.05, 0.1) is 12.7 Å². The van der Waals surface area contributed by atoms with Gasteiger partial charge in [-0.1, -0.05) is 24.6 Å². The molecule has 1 heterocycles. The zero-order valence-corrected chi connectivity index (χ0v) is 11.7. The molecule has 0 spiro atoms. The number of nitrogens with zero attached hydrogens (tertiary/aromatic N) is 1. The summed E-state index contributed by atoms with van der Waals surface area (Å²) in [6, 6.07) is 6.74. The average molecular weight is 248 g/mol. The maximum atomic E-state index is 5.62. The van der Waals surface area contributed by atoms with E-state index in [1.165, 1.54) is 16.8 Å². The van der Waals surface area contributed by atoms with Gasteiger partial charge in [-0.3, -0.25) is 0 Å². The Morgan fingerprint density at radius 3 is 3.00 bits per heavy atom. The van der Waals surface area contributed by atoms with Gasteiger partial charge in [0.2, 0.25) is 0 Å². The van der Waals surface area contributed by atoms with Crippen molar-refractivity contribution in [3.63, 3.8) is 0 Å². The monoisotopic (exact) mass is 248 g/mol. The van der Waals surface area contributed by atoms with Crippen LogP contribution in [0.4, 0.5) is 5.69 Å². The molecule has 1 aromatic rings. The first kappa shape index (κ1) is 13.4. The fraction of sp³-hybridized carbons (Fsp3) is 0.600. The lowest BCUT2D eigenvalue weighted by Crippen LogP contribution is -2.41. The maximum Gasteiger partial charge on any atom is 0.0722 e. The molecular weight excluding hydrogens is 224 g/mol. The van der Waals surface area contributed by atoms with Gasteiger partial charge in [0, 0.05) is 25.3 Å². The Labute approximate surface area is 110 Å². The van der Waals surface area contributed by atoms with Crippen molar-refractivity contribution in [3.8, 4) is 0 Å². The Hall–Kier alpha value is -1.06. The van der Waals surface area contributed by atoms with Crippen LogP contribution in [0.3, 0.4) is 0 Å². The van der Waals surface area contributed by atoms with Crippen LogP contribution in [0.5, 0.6) is 0 Å². The third-order valence-corrected chi connectivity index (χ3v) is 3.38. The minimum absolute atomic E-state index is 0.326. The van der Waals surface area contributed by atoms with Gasteiger partial charge < -0.3 is 15.0 Å². The normalized spacial score (nSPS) is 20.2. The summed E-state index contributed by atoms with van der Waals surface area (Å²) in [4.78, 5) is 2.44. The van der Waals surface area contributed by atoms with E-state index in [9.17, 15) is 0 Å². The molecule has 0 aromatic heterocycles. The van der Waals surface area contributed by atoms with Gasteiger partial charge in [0.1, 0.15) is 0 Å². The number of benzene rings is 1. The lowest BCUT2D eigenvalue weighted by molar-refractivity contribution is 0.0531. The molecule has 0 bridgehead atoms. The Bertz CT molecular complexity index is 392. The highest BCUT2D eigenvalue weighted by Gasteiger charge is 2.19. The molecule has 100 valence electrons. The fourth-order valence-electron chi connectivity index (χ4n) is 2.46. The van der Waals surface area contributed by atoms with Crippen LogP contribution in [-0.2, 0) is 11.3 Å². The van der Waals surface area contributed by atoms with Crippen LogP contribution in [0.15, 0.2) is 18.2 Å². The first-order valence-corrected chi connectivity index (χ1v) is 6.87. The zero-order chi connectivity index (χ0) is 13.0. The van der Waals surface area contributed by atoms with E-state index in [-0.39, 0.29) is 0 Å². The summed E-state index contributed by atoms with van der Waals surface area (Å²) >= 11 is 0. The van der Waals surface area contributed by atoms with Gasteiger partial charge in [0.15, 0.2) is 0 Å². The summed E-state index contributed by atoms with van der Waals surface area (Å²) in [6.07, 6.45) is 0.326. The standard InChI is InChI=1S/C15H24N2O/c1-4-16-10-14-9-12(2)5-6-15(14)17-7-8-18-13(3)11-17/h5-6,9,13,16H,4,7-8,10-11H2,1-3H3. The van der Waals surface area contributed by atoms with Gasteiger partial charge in [-0.05, 0) is 32.0 Å². The minimum atomic E-state index is 0.326. The Kier molecular flexibility index (Phi) is 4.61. The van der Waals surface area contributed by atoms with Crippen LogP contribution in [0, 0.1) is 6.92 Å². The highest BCUT2D eigenvalue weighted by molar-refractivity contribution is 5.55. The third kappa shape index (κ3) is 3.24. The zero-order valence-electron chi connectivity index (χ0n) is 11.7. The Morgan fingerprint density at radius 2 is 2.28 bits per heavy atom. The summed E-state index contributed by atoms with van der Waals surface area (Å²) in [6.45, 7) is 11.2. The van der Waals surface area contributed by atoms with Crippen LogP contribution < -0.4 is 10.2 Å². The molecule has 3 heteroatoms. The van der Waals surface area contributed by atoms with Gasteiger partial charge >= 0.3 is 0 Å². The number of ether oxygens (including phenoxy) is 1. The Balaban J connectivity index is 2.19. The van der Waals surface area contributed by atoms with Crippen molar-refractivity contribution in [2.24, 2.45) is 0 Å². The van der Waals surface area contributed by atoms with Crippen molar-refractivity contribution in [2.75, 3.05) is 31.1 Å². The maximum absolute atomic E-state index is 5.62. The molecule has 1 fully saturated rings. The smallest absolute Gasteiger partial charge is 0.0722 e. The predicted octanol–water partition coefficient (Wildman–Crippen LogP) is 2.33. The highest BCUT2D eigenvalue weighted by Crippen LogP contribution is 2.24. The van der Waals surface area contributed by atoms with Crippen LogP contribution in [0.25, 0.3) is 0 Å². The molecule has 18 heavy (non-hydrogen) atoms. The fourth-order valence-corrected chi connectivity index (χ4v) is 2.46. The Morgan fingerprint density at radius 1 is 1.44 bits per heavy atom. The van der Waals surface area contributed by atoms with E-state index in [0.717, 1.165) is 32.8 Å². The van der Waals surface area contributed by atoms with Crippen molar-refractivity contribution in [3.05, 3.63) is 29.3 Å². The average Bonchev–Trinajstić information content (AvgIpc) is 2.36. The topological polar surface area (TPSA) is 24.5 Å². The van der Waals surface area contributed by atoms with Crippen LogP contribution >= 0.6 is 0 Å². The summed E-state index contributed by atoms with van der Waals surface area (Å²) < 4.78 is 5.62. The van der Waals surface area contributed by atoms with Crippen molar-refractivity contribution in [1.29, 1.82) is 0 Å². The van der Waals surface area contributed by atoms with Gasteiger partial charge in [0.25, 0.3) is 0 Å². The van der Waals surface area contributed by atoms with Gasteiger partial charge in [-0.25, -0.2) is 0 Å². The molecule has 0 saturated carbocycles. The number of hydrogen-bond donors (Lipinski definition) is 1. The van der Waals surface area contributed by atoms with Gasteiger partial charge in [-0.15, -0.1) is 0 Å². The van der Waals surface area contributed by atoms with Crippen LogP contribution in [-0.4, -0.2) is 32.3 Å². The second-order valence-corrected chi connectivity index (χ2v) is 5.04. The van der Waals surface area contributed by atoms with Crippen molar-refractivity contribution in [1.82, 2.24) is 5.32 Å². The summed E-state index contributed by atoms with van der Waals surface area (Å²) in [5.74, 6) is 0. The molecule has 1 saturated heterocycles. The van der Waals surface area contributed by atoms with E-state index in [0.29, 0.717) is 6.10 Å². The third-order valence-electron chi connectivity index (χ3n) is 3.38. The van der Waals surface area contributed by atoms with E-state index < -0.39 is 0 Å². The van der Waals surface area contributed by atoms with Gasteiger partial charge in [-0.2, -0.15) is 0 Å². The lowest BCUT2D eigenvalue weighted by Gasteiger charge is -2.34. The van der Waals surface area contributed by atoms with Crippen molar-refractivity contribution >= 4 is 5.69 Å². The van der Waals surface area contributed by atoms with E-state index in [1.807, 2.05) is 0 Å². The molecule has 1 unspecified atom stereocenters. The van der Waals surface area contributed by atoms with E-state index in [1.54, 1.807) is 0 Å². The van der Waals surface area contributed by atoms with E-state index >= 15 is 0 Å². The summed E-state index contributed by atoms with van der Waals surface area (Å²) in [5, 5.41) is 3.42. The minimum Gasteiger partial charge on any atom is -0.375 e. The molecule has 0 amide bonds. The van der Waals surface area contributed by atoms with Crippen molar-refractivity contribution in [2.45, 2.75) is 33.4 Å². The summed E-state index contributed by atoms with van der Waals surface area (Å²) in [7, 11) is 0. The second-order valence-electron chi connectivity index (χ2n) is 5.04. The van der Waals surface area contributed by atoms with Crippen LogP contribution in [0.1, 0.15) is 25.0 Å². The molecule has 1 atom stereocenters. The van der Waals surface area contributed by atoms with Crippen molar-refractivity contribution < 1.29 is 4.74 Å². The molecule has 0 aliphatic carbocycles. The second kappa shape index (κ2) is 6.21. The first-order chi connectivity index (χ1) is 8.70. The van der Waals surface area contributed by atoms with Crippen LogP contribution in [0.2, 0.25) is 0 Å². The number of aryl methyl sites for hydroxylation is 1. The lowest BCUT2D eigenvalue weighted by atomic mass is 10.1. The predicted molar refractivity (Wildman–Crippen MR) is 76.2 cm³/mol. The molecule has 1 N–H and O–H groups in total. The molecule has 0 radical (unpaired) electrons. The molecule has 3 nitrogen and oxygen atoms in total. The summed E-state index contributed by atoms with van der Waals surface area (Å²) in [5.41, 5.74) is 4.08. The number of anilines is 1. The first-order valence-electron chi connectivity index (χ1n) is 6.87. The SMILES string of the molecule is CCNCc1cc(C)ccc1N1CCOC(C)C1. The molecule has 2 rings (SSSR count). The quantitative estimate of drug-likeness (QED) is 0.885. The number of rotatable bonds is 4. The number of hydrogen-bond acceptors (Lipinski definition) is 3. The molecule has 1 aromatic carbocycles. The van der Waals surface area contributed by atoms with E-state index in [2.05, 4.69) is 49.2 Å². The molecular formula is C15H24N2O. The number of nitrogens with one attached hydrogen (secondary N) is 1.